The number of nitrogens with one attached hydrogen (secondary N) is 1. The van der Waals surface area contributed by atoms with Crippen molar-refractivity contribution < 1.29 is 0 Å². The molecule has 2 nitrogen and oxygen atoms in total. The Bertz CT molecular complexity index is 334. The van der Waals surface area contributed by atoms with Gasteiger partial charge in [0.05, 0.1) is 0 Å². The van der Waals surface area contributed by atoms with Gasteiger partial charge in [0.1, 0.15) is 0 Å². The zero-order chi connectivity index (χ0) is 11.5. The Morgan fingerprint density at radius 1 is 1.18 bits per heavy atom. The molecule has 1 aromatic heterocycles. The first-order valence-corrected chi connectivity index (χ1v) is 7.68. The standard InChI is InChI=1S/C14H20N2S/c1-2-11(1)14(12-3-4-12)16-9-10-17-13-5-7-15-8-6-13/h5-8,11-12,14,16H,1-4,9-10H2. The lowest BCUT2D eigenvalue weighted by Gasteiger charge is -2.17. The van der Waals surface area contributed by atoms with E-state index in [1.165, 1.54) is 36.3 Å². The fourth-order valence-corrected chi connectivity index (χ4v) is 3.23. The average Bonchev–Trinajstić information content (AvgIpc) is 3.24. The van der Waals surface area contributed by atoms with E-state index in [0.717, 1.165) is 24.4 Å². The van der Waals surface area contributed by atoms with E-state index in [1.54, 1.807) is 0 Å². The Morgan fingerprint density at radius 3 is 2.41 bits per heavy atom. The van der Waals surface area contributed by atoms with Crippen LogP contribution >= 0.6 is 11.8 Å². The molecule has 0 aliphatic heterocycles. The van der Waals surface area contributed by atoms with Crippen molar-refractivity contribution in [2.24, 2.45) is 11.8 Å². The van der Waals surface area contributed by atoms with Gasteiger partial charge in [0.2, 0.25) is 0 Å². The summed E-state index contributed by atoms with van der Waals surface area (Å²) in [7, 11) is 0. The van der Waals surface area contributed by atoms with Gasteiger partial charge in [0.25, 0.3) is 0 Å². The van der Waals surface area contributed by atoms with Crippen molar-refractivity contribution in [3.63, 3.8) is 0 Å². The minimum atomic E-state index is 0.841. The van der Waals surface area contributed by atoms with Crippen LogP contribution in [0, 0.1) is 11.8 Å². The summed E-state index contributed by atoms with van der Waals surface area (Å²) in [6, 6.07) is 5.02. The SMILES string of the molecule is c1cc(SCCNC(C2CC2)C2CC2)ccn1. The summed E-state index contributed by atoms with van der Waals surface area (Å²) in [6.45, 7) is 1.14. The molecule has 0 saturated heterocycles. The predicted octanol–water partition coefficient (Wildman–Crippen LogP) is 2.95. The second-order valence-electron chi connectivity index (χ2n) is 5.19. The smallest absolute Gasteiger partial charge is 0.0278 e. The normalized spacial score (nSPS) is 19.8. The number of aromatic nitrogens is 1. The molecule has 0 aromatic carbocycles. The summed E-state index contributed by atoms with van der Waals surface area (Å²) in [5.41, 5.74) is 0. The molecule has 17 heavy (non-hydrogen) atoms. The molecule has 0 bridgehead atoms. The molecule has 2 aliphatic rings. The van der Waals surface area contributed by atoms with Crippen molar-refractivity contribution in [2.75, 3.05) is 12.3 Å². The van der Waals surface area contributed by atoms with E-state index in [9.17, 15) is 0 Å². The topological polar surface area (TPSA) is 24.9 Å². The summed E-state index contributed by atoms with van der Waals surface area (Å²) < 4.78 is 0. The van der Waals surface area contributed by atoms with E-state index >= 15 is 0 Å². The third kappa shape index (κ3) is 3.46. The molecule has 92 valence electrons. The maximum Gasteiger partial charge on any atom is 0.0278 e. The average molecular weight is 248 g/mol. The monoisotopic (exact) mass is 248 g/mol. The van der Waals surface area contributed by atoms with E-state index in [1.807, 2.05) is 24.2 Å². The molecule has 0 atom stereocenters. The van der Waals surface area contributed by atoms with Crippen molar-refractivity contribution >= 4 is 11.8 Å². The maximum atomic E-state index is 4.04. The molecular formula is C14H20N2S. The number of thioether (sulfide) groups is 1. The van der Waals surface area contributed by atoms with Gasteiger partial charge in [0, 0.05) is 35.6 Å². The van der Waals surface area contributed by atoms with Gasteiger partial charge in [-0.25, -0.2) is 0 Å². The second kappa shape index (κ2) is 5.40. The molecular weight excluding hydrogens is 228 g/mol. The van der Waals surface area contributed by atoms with Gasteiger partial charge in [0.15, 0.2) is 0 Å². The van der Waals surface area contributed by atoms with Crippen LogP contribution in [0.3, 0.4) is 0 Å². The minimum Gasteiger partial charge on any atom is -0.313 e. The van der Waals surface area contributed by atoms with Crippen molar-refractivity contribution in [3.05, 3.63) is 24.5 Å². The molecule has 2 aliphatic carbocycles. The highest BCUT2D eigenvalue weighted by molar-refractivity contribution is 7.99. The van der Waals surface area contributed by atoms with Gasteiger partial charge < -0.3 is 5.32 Å². The van der Waals surface area contributed by atoms with Crippen molar-refractivity contribution in [2.45, 2.75) is 36.6 Å². The molecule has 1 N–H and O–H groups in total. The summed E-state index contributed by atoms with van der Waals surface area (Å²) in [5, 5.41) is 3.78. The molecule has 3 heteroatoms. The van der Waals surface area contributed by atoms with E-state index in [2.05, 4.69) is 22.4 Å². The van der Waals surface area contributed by atoms with Crippen LogP contribution in [0.2, 0.25) is 0 Å². The molecule has 2 saturated carbocycles. The van der Waals surface area contributed by atoms with E-state index in [4.69, 9.17) is 0 Å². The molecule has 0 radical (unpaired) electrons. The van der Waals surface area contributed by atoms with Gasteiger partial charge in [-0.15, -0.1) is 11.8 Å². The van der Waals surface area contributed by atoms with Gasteiger partial charge in [-0.3, -0.25) is 4.98 Å². The summed E-state index contributed by atoms with van der Waals surface area (Å²) in [6.07, 6.45) is 9.59. The first kappa shape index (κ1) is 11.5. The molecule has 1 heterocycles. The van der Waals surface area contributed by atoms with Gasteiger partial charge in [-0.2, -0.15) is 0 Å². The fourth-order valence-electron chi connectivity index (χ4n) is 2.46. The summed E-state index contributed by atoms with van der Waals surface area (Å²) in [4.78, 5) is 5.37. The maximum absolute atomic E-state index is 4.04. The Balaban J connectivity index is 1.37. The minimum absolute atomic E-state index is 0.841. The highest BCUT2D eigenvalue weighted by Gasteiger charge is 2.40. The van der Waals surface area contributed by atoms with Crippen LogP contribution in [0.15, 0.2) is 29.4 Å². The largest absolute Gasteiger partial charge is 0.313 e. The van der Waals surface area contributed by atoms with E-state index < -0.39 is 0 Å². The summed E-state index contributed by atoms with van der Waals surface area (Å²) in [5.74, 6) is 3.18. The zero-order valence-electron chi connectivity index (χ0n) is 10.1. The number of nitrogens with zero attached hydrogens (tertiary/aromatic N) is 1. The molecule has 2 fully saturated rings. The first-order valence-electron chi connectivity index (χ1n) is 6.70. The fraction of sp³-hybridized carbons (Fsp3) is 0.643. The quantitative estimate of drug-likeness (QED) is 0.593. The Hall–Kier alpha value is -0.540. The van der Waals surface area contributed by atoms with Crippen molar-refractivity contribution in [1.29, 1.82) is 0 Å². The van der Waals surface area contributed by atoms with Gasteiger partial charge >= 0.3 is 0 Å². The molecule has 3 rings (SSSR count). The van der Waals surface area contributed by atoms with Crippen LogP contribution in [-0.2, 0) is 0 Å². The highest BCUT2D eigenvalue weighted by atomic mass is 32.2. The third-order valence-corrected chi connectivity index (χ3v) is 4.67. The Kier molecular flexibility index (Phi) is 3.67. The molecule has 1 aromatic rings. The van der Waals surface area contributed by atoms with Crippen LogP contribution < -0.4 is 5.32 Å². The van der Waals surface area contributed by atoms with Crippen molar-refractivity contribution in [3.8, 4) is 0 Å². The van der Waals surface area contributed by atoms with E-state index in [-0.39, 0.29) is 0 Å². The highest BCUT2D eigenvalue weighted by Crippen LogP contribution is 2.44. The Labute approximate surface area is 108 Å². The summed E-state index contributed by atoms with van der Waals surface area (Å²) >= 11 is 1.92. The first-order chi connectivity index (χ1) is 8.43. The second-order valence-corrected chi connectivity index (χ2v) is 6.35. The van der Waals surface area contributed by atoms with Crippen LogP contribution in [-0.4, -0.2) is 23.3 Å². The number of rotatable bonds is 7. The van der Waals surface area contributed by atoms with E-state index in [0.29, 0.717) is 0 Å². The number of hydrogen-bond donors (Lipinski definition) is 1. The zero-order valence-corrected chi connectivity index (χ0v) is 11.0. The Morgan fingerprint density at radius 2 is 1.82 bits per heavy atom. The number of pyridine rings is 1. The van der Waals surface area contributed by atoms with Crippen LogP contribution in [0.5, 0.6) is 0 Å². The number of hydrogen-bond acceptors (Lipinski definition) is 3. The molecule has 0 amide bonds. The third-order valence-electron chi connectivity index (χ3n) is 3.66. The lowest BCUT2D eigenvalue weighted by molar-refractivity contribution is 0.429. The van der Waals surface area contributed by atoms with Crippen molar-refractivity contribution in [1.82, 2.24) is 10.3 Å². The van der Waals surface area contributed by atoms with Gasteiger partial charge in [-0.1, -0.05) is 0 Å². The lowest BCUT2D eigenvalue weighted by atomic mass is 10.1. The van der Waals surface area contributed by atoms with Crippen LogP contribution in [0.1, 0.15) is 25.7 Å². The van der Waals surface area contributed by atoms with Crippen LogP contribution in [0.4, 0.5) is 0 Å². The lowest BCUT2D eigenvalue weighted by Crippen LogP contribution is -2.34. The van der Waals surface area contributed by atoms with Gasteiger partial charge in [-0.05, 0) is 49.7 Å². The molecule has 0 spiro atoms. The molecule has 0 unspecified atom stereocenters. The predicted molar refractivity (Wildman–Crippen MR) is 72.2 cm³/mol. The van der Waals surface area contributed by atoms with Crippen LogP contribution in [0.25, 0.3) is 0 Å².